The molecule has 2 aromatic carbocycles. The lowest BCUT2D eigenvalue weighted by atomic mass is 10.1. The number of carbonyl (C=O) groups is 1. The molecule has 1 amide bonds. The van der Waals surface area contributed by atoms with E-state index >= 15 is 0 Å². The molecule has 0 aliphatic heterocycles. The maximum atomic E-state index is 12.9. The number of aromatic nitrogens is 3. The second-order valence-electron chi connectivity index (χ2n) is 6.95. The van der Waals surface area contributed by atoms with Crippen molar-refractivity contribution in [3.63, 3.8) is 0 Å². The minimum Gasteiger partial charge on any atom is -0.338 e. The summed E-state index contributed by atoms with van der Waals surface area (Å²) >= 11 is 1.46. The molecular weight excluding hydrogens is 380 g/mol. The van der Waals surface area contributed by atoms with Gasteiger partial charge in [-0.25, -0.2) is 0 Å². The van der Waals surface area contributed by atoms with Crippen LogP contribution in [0.2, 0.25) is 0 Å². The zero-order valence-electron chi connectivity index (χ0n) is 17.3. The van der Waals surface area contributed by atoms with Crippen molar-refractivity contribution in [1.82, 2.24) is 19.7 Å². The number of aryl methyl sites for hydroxylation is 1. The highest BCUT2D eigenvalue weighted by Gasteiger charge is 2.18. The second kappa shape index (κ2) is 10.3. The van der Waals surface area contributed by atoms with Crippen LogP contribution in [0.4, 0.5) is 0 Å². The molecule has 0 saturated carbocycles. The summed E-state index contributed by atoms with van der Waals surface area (Å²) in [6, 6.07) is 18.3. The van der Waals surface area contributed by atoms with Crippen LogP contribution in [0.1, 0.15) is 31.4 Å². The van der Waals surface area contributed by atoms with Crippen molar-refractivity contribution in [2.75, 3.05) is 12.3 Å². The predicted molar refractivity (Wildman–Crippen MR) is 119 cm³/mol. The number of amides is 1. The van der Waals surface area contributed by atoms with Crippen LogP contribution >= 0.6 is 11.8 Å². The lowest BCUT2D eigenvalue weighted by molar-refractivity contribution is -0.129. The molecule has 0 saturated heterocycles. The summed E-state index contributed by atoms with van der Waals surface area (Å²) in [4.78, 5) is 14.8. The van der Waals surface area contributed by atoms with Gasteiger partial charge in [-0.05, 0) is 31.4 Å². The van der Waals surface area contributed by atoms with Gasteiger partial charge in [-0.1, -0.05) is 73.3 Å². The molecule has 1 aromatic heterocycles. The molecule has 0 aliphatic rings. The van der Waals surface area contributed by atoms with Gasteiger partial charge in [0.25, 0.3) is 0 Å². The smallest absolute Gasteiger partial charge is 0.233 e. The van der Waals surface area contributed by atoms with Gasteiger partial charge in [-0.15, -0.1) is 10.2 Å². The highest BCUT2D eigenvalue weighted by molar-refractivity contribution is 7.99. The third-order valence-corrected chi connectivity index (χ3v) is 5.76. The topological polar surface area (TPSA) is 51.0 Å². The maximum absolute atomic E-state index is 12.9. The third kappa shape index (κ3) is 5.26. The third-order valence-electron chi connectivity index (χ3n) is 4.81. The highest BCUT2D eigenvalue weighted by atomic mass is 32.2. The normalized spacial score (nSPS) is 10.9. The Labute approximate surface area is 177 Å². The van der Waals surface area contributed by atoms with Crippen molar-refractivity contribution in [3.8, 4) is 11.4 Å². The molecule has 0 radical (unpaired) electrons. The zero-order chi connectivity index (χ0) is 20.6. The first-order valence-corrected chi connectivity index (χ1v) is 11.1. The Bertz CT molecular complexity index is 939. The molecule has 3 rings (SSSR count). The average Bonchev–Trinajstić information content (AvgIpc) is 3.15. The van der Waals surface area contributed by atoms with Gasteiger partial charge in [0.1, 0.15) is 0 Å². The van der Waals surface area contributed by atoms with Gasteiger partial charge in [0, 0.05) is 25.2 Å². The van der Waals surface area contributed by atoms with Gasteiger partial charge in [-0.2, -0.15) is 0 Å². The molecule has 0 atom stereocenters. The summed E-state index contributed by atoms with van der Waals surface area (Å²) in [6.45, 7) is 8.41. The van der Waals surface area contributed by atoms with E-state index in [4.69, 9.17) is 0 Å². The van der Waals surface area contributed by atoms with Crippen LogP contribution in [-0.2, 0) is 17.9 Å². The van der Waals surface area contributed by atoms with E-state index < -0.39 is 0 Å². The van der Waals surface area contributed by atoms with Crippen LogP contribution in [0, 0.1) is 6.92 Å². The fraction of sp³-hybridized carbons (Fsp3) is 0.348. The van der Waals surface area contributed by atoms with Gasteiger partial charge in [0.15, 0.2) is 11.0 Å². The van der Waals surface area contributed by atoms with E-state index in [0.717, 1.165) is 41.6 Å². The predicted octanol–water partition coefficient (Wildman–Crippen LogP) is 4.80. The number of thioether (sulfide) groups is 1. The maximum Gasteiger partial charge on any atom is 0.233 e. The number of hydrogen-bond acceptors (Lipinski definition) is 4. The summed E-state index contributed by atoms with van der Waals surface area (Å²) in [6.07, 6.45) is 0.936. The lowest BCUT2D eigenvalue weighted by Gasteiger charge is -2.22. The molecule has 0 spiro atoms. The van der Waals surface area contributed by atoms with Crippen LogP contribution in [0.5, 0.6) is 0 Å². The molecule has 3 aromatic rings. The van der Waals surface area contributed by atoms with E-state index in [-0.39, 0.29) is 5.91 Å². The molecule has 0 unspecified atom stereocenters. The summed E-state index contributed by atoms with van der Waals surface area (Å²) in [5, 5.41) is 9.57. The van der Waals surface area contributed by atoms with Gasteiger partial charge in [-0.3, -0.25) is 4.79 Å². The summed E-state index contributed by atoms with van der Waals surface area (Å²) in [5.74, 6) is 1.35. The van der Waals surface area contributed by atoms with E-state index in [2.05, 4.69) is 59.8 Å². The standard InChI is InChI=1S/C23H28N4OS/c1-4-15-26(16-19-12-7-6-8-13-19)21(28)17-29-23-25-24-22(27(23)5-2)20-14-10-9-11-18(20)3/h6-14H,4-5,15-17H2,1-3H3. The number of hydrogen-bond donors (Lipinski definition) is 0. The van der Waals surface area contributed by atoms with E-state index in [0.29, 0.717) is 12.3 Å². The Morgan fingerprint density at radius 2 is 1.76 bits per heavy atom. The van der Waals surface area contributed by atoms with Crippen LogP contribution in [0.25, 0.3) is 11.4 Å². The molecule has 152 valence electrons. The Kier molecular flexibility index (Phi) is 7.47. The van der Waals surface area contributed by atoms with E-state index in [1.54, 1.807) is 0 Å². The minimum atomic E-state index is 0.129. The van der Waals surface area contributed by atoms with Crippen molar-refractivity contribution in [2.24, 2.45) is 0 Å². The van der Waals surface area contributed by atoms with Crippen molar-refractivity contribution < 1.29 is 4.79 Å². The Morgan fingerprint density at radius 1 is 1.03 bits per heavy atom. The average molecular weight is 409 g/mol. The van der Waals surface area contributed by atoms with Gasteiger partial charge in [0.2, 0.25) is 5.91 Å². The van der Waals surface area contributed by atoms with Crippen LogP contribution in [-0.4, -0.2) is 37.9 Å². The van der Waals surface area contributed by atoms with Crippen molar-refractivity contribution >= 4 is 17.7 Å². The molecule has 29 heavy (non-hydrogen) atoms. The molecule has 0 aliphatic carbocycles. The summed E-state index contributed by atoms with van der Waals surface area (Å²) in [5.41, 5.74) is 3.40. The number of benzene rings is 2. The van der Waals surface area contributed by atoms with Crippen LogP contribution in [0.15, 0.2) is 59.8 Å². The molecule has 6 heteroatoms. The molecule has 1 heterocycles. The van der Waals surface area contributed by atoms with Gasteiger partial charge < -0.3 is 9.47 Å². The number of nitrogens with zero attached hydrogens (tertiary/aromatic N) is 4. The lowest BCUT2D eigenvalue weighted by Crippen LogP contribution is -2.32. The van der Waals surface area contributed by atoms with Crippen molar-refractivity contribution in [2.45, 2.75) is 45.4 Å². The quantitative estimate of drug-likeness (QED) is 0.477. The summed E-state index contributed by atoms with van der Waals surface area (Å²) < 4.78 is 2.08. The van der Waals surface area contributed by atoms with E-state index in [1.165, 1.54) is 17.3 Å². The monoisotopic (exact) mass is 408 g/mol. The Hall–Kier alpha value is -2.60. The van der Waals surface area contributed by atoms with Gasteiger partial charge in [0.05, 0.1) is 5.75 Å². The number of carbonyl (C=O) groups excluding carboxylic acids is 1. The largest absolute Gasteiger partial charge is 0.338 e. The zero-order valence-corrected chi connectivity index (χ0v) is 18.2. The van der Waals surface area contributed by atoms with E-state index in [1.807, 2.05) is 35.2 Å². The SMILES string of the molecule is CCCN(Cc1ccccc1)C(=O)CSc1nnc(-c2ccccc2C)n1CC. The highest BCUT2D eigenvalue weighted by Crippen LogP contribution is 2.26. The van der Waals surface area contributed by atoms with Crippen LogP contribution in [0.3, 0.4) is 0 Å². The van der Waals surface area contributed by atoms with Crippen molar-refractivity contribution in [3.05, 3.63) is 65.7 Å². The first kappa shape index (κ1) is 21.1. The Morgan fingerprint density at radius 3 is 2.45 bits per heavy atom. The van der Waals surface area contributed by atoms with Gasteiger partial charge >= 0.3 is 0 Å². The first-order chi connectivity index (χ1) is 14.1. The summed E-state index contributed by atoms with van der Waals surface area (Å²) in [7, 11) is 0. The molecular formula is C23H28N4OS. The fourth-order valence-electron chi connectivity index (χ4n) is 3.29. The molecule has 0 fully saturated rings. The fourth-order valence-corrected chi connectivity index (χ4v) is 4.19. The minimum absolute atomic E-state index is 0.129. The Balaban J connectivity index is 1.71. The molecule has 0 N–H and O–H groups in total. The first-order valence-electron chi connectivity index (χ1n) is 10.1. The molecule has 0 bridgehead atoms. The van der Waals surface area contributed by atoms with Crippen molar-refractivity contribution in [1.29, 1.82) is 0 Å². The number of rotatable bonds is 9. The second-order valence-corrected chi connectivity index (χ2v) is 7.90. The molecule has 5 nitrogen and oxygen atoms in total. The van der Waals surface area contributed by atoms with E-state index in [9.17, 15) is 4.79 Å². The van der Waals surface area contributed by atoms with Crippen LogP contribution < -0.4 is 0 Å².